The van der Waals surface area contributed by atoms with Crippen LogP contribution in [0.2, 0.25) is 0 Å². The van der Waals surface area contributed by atoms with E-state index in [-0.39, 0.29) is 24.5 Å². The number of nitrogens with one attached hydrogen (secondary N) is 1. The number of ether oxygens (including phenoxy) is 1. The van der Waals surface area contributed by atoms with Crippen molar-refractivity contribution >= 4 is 17.8 Å². The highest BCUT2D eigenvalue weighted by molar-refractivity contribution is 5.80. The van der Waals surface area contributed by atoms with Crippen molar-refractivity contribution in [3.8, 4) is 0 Å². The maximum atomic E-state index is 12.5. The number of aliphatic carboxylic acids is 1. The zero-order valence-electron chi connectivity index (χ0n) is 25.7. The van der Waals surface area contributed by atoms with Crippen LogP contribution >= 0.6 is 0 Å². The number of carboxylic acid groups (broad SMARTS) is 1. The Kier molecular flexibility index (Phi) is 27.9. The molecule has 0 spiro atoms. The van der Waals surface area contributed by atoms with Crippen LogP contribution in [0, 0.1) is 0 Å². The second kappa shape index (κ2) is 29.6. The van der Waals surface area contributed by atoms with Crippen LogP contribution in [-0.4, -0.2) is 35.6 Å². The molecule has 0 aliphatic heterocycles. The molecule has 0 aliphatic rings. The Bertz CT molecular complexity index is 713. The molecule has 6 heteroatoms. The van der Waals surface area contributed by atoms with Crippen LogP contribution in [0.3, 0.4) is 0 Å². The summed E-state index contributed by atoms with van der Waals surface area (Å²) in [6, 6.07) is 0. The van der Waals surface area contributed by atoms with E-state index in [1.54, 1.807) is 0 Å². The average Bonchev–Trinajstić information content (AvgIpc) is 2.93. The van der Waals surface area contributed by atoms with Gasteiger partial charge in [-0.2, -0.15) is 0 Å². The van der Waals surface area contributed by atoms with E-state index in [0.717, 1.165) is 64.2 Å². The maximum absolute atomic E-state index is 12.5. The standard InChI is InChI=1S/C34H59NO5/c1-3-5-7-9-11-12-13-14-15-17-19-25-29-34(39)40-31(26-22-18-16-10-8-6-4-2)27-23-20-21-24-28-32(36)35-30-33(37)38/h10-12,16,22,26,31H,3-9,13-15,17-21,23-25,27-30H2,1-2H3,(H,35,36)(H,37,38)/b12-11-,16-10-,26-22-. The van der Waals surface area contributed by atoms with Crippen molar-refractivity contribution in [3.05, 3.63) is 36.5 Å². The molecule has 0 fully saturated rings. The lowest BCUT2D eigenvalue weighted by Crippen LogP contribution is -2.28. The van der Waals surface area contributed by atoms with Gasteiger partial charge in [0.15, 0.2) is 0 Å². The molecule has 1 atom stereocenters. The Hall–Kier alpha value is -2.37. The fraction of sp³-hybridized carbons (Fsp3) is 0.735. The number of hydrogen-bond acceptors (Lipinski definition) is 4. The molecule has 230 valence electrons. The third kappa shape index (κ3) is 28.6. The zero-order chi connectivity index (χ0) is 29.5. The molecule has 0 aliphatic carbocycles. The fourth-order valence-corrected chi connectivity index (χ4v) is 4.32. The minimum atomic E-state index is -1.03. The molecular weight excluding hydrogens is 502 g/mol. The van der Waals surface area contributed by atoms with Crippen LogP contribution in [0.5, 0.6) is 0 Å². The summed E-state index contributed by atoms with van der Waals surface area (Å²) < 4.78 is 5.82. The Morgan fingerprint density at radius 2 is 1.25 bits per heavy atom. The number of allylic oxidation sites excluding steroid dienone is 5. The third-order valence-electron chi connectivity index (χ3n) is 6.77. The first-order valence-corrected chi connectivity index (χ1v) is 16.1. The quantitative estimate of drug-likeness (QED) is 0.0565. The predicted molar refractivity (Wildman–Crippen MR) is 166 cm³/mol. The average molecular weight is 562 g/mol. The van der Waals surface area contributed by atoms with Crippen LogP contribution in [0.15, 0.2) is 36.5 Å². The molecule has 0 radical (unpaired) electrons. The van der Waals surface area contributed by atoms with Crippen LogP contribution in [0.1, 0.15) is 149 Å². The van der Waals surface area contributed by atoms with Gasteiger partial charge in [-0.25, -0.2) is 0 Å². The van der Waals surface area contributed by atoms with Gasteiger partial charge in [0.25, 0.3) is 0 Å². The van der Waals surface area contributed by atoms with E-state index < -0.39 is 5.97 Å². The van der Waals surface area contributed by atoms with Gasteiger partial charge in [0.2, 0.25) is 5.91 Å². The molecule has 0 heterocycles. The molecule has 0 saturated carbocycles. The summed E-state index contributed by atoms with van der Waals surface area (Å²) in [5.41, 5.74) is 0. The van der Waals surface area contributed by atoms with E-state index in [1.165, 1.54) is 57.8 Å². The molecule has 0 saturated heterocycles. The first-order valence-electron chi connectivity index (χ1n) is 16.1. The fourth-order valence-electron chi connectivity index (χ4n) is 4.32. The van der Waals surface area contributed by atoms with Gasteiger partial charge in [0.1, 0.15) is 12.6 Å². The van der Waals surface area contributed by atoms with E-state index in [0.29, 0.717) is 12.8 Å². The highest BCUT2D eigenvalue weighted by Crippen LogP contribution is 2.14. The van der Waals surface area contributed by atoms with E-state index in [1.807, 2.05) is 6.08 Å². The second-order valence-electron chi connectivity index (χ2n) is 10.7. The van der Waals surface area contributed by atoms with Crippen LogP contribution in [0.25, 0.3) is 0 Å². The van der Waals surface area contributed by atoms with E-state index in [4.69, 9.17) is 9.84 Å². The minimum absolute atomic E-state index is 0.113. The van der Waals surface area contributed by atoms with Gasteiger partial charge in [-0.15, -0.1) is 0 Å². The van der Waals surface area contributed by atoms with E-state index in [2.05, 4.69) is 49.5 Å². The number of carboxylic acids is 1. The molecule has 0 rings (SSSR count). The SMILES string of the molecule is CCCC/C=C\C/C=C\C(CCCCCCC(=O)NCC(=O)O)OC(=O)CCCCCCC/C=C\CCCCC. The molecule has 0 aromatic heterocycles. The smallest absolute Gasteiger partial charge is 0.322 e. The lowest BCUT2D eigenvalue weighted by molar-refractivity contribution is -0.147. The lowest BCUT2D eigenvalue weighted by atomic mass is 10.1. The van der Waals surface area contributed by atoms with Crippen molar-refractivity contribution in [2.24, 2.45) is 0 Å². The largest absolute Gasteiger partial charge is 0.480 e. The number of unbranched alkanes of at least 4 members (excludes halogenated alkanes) is 13. The van der Waals surface area contributed by atoms with Crippen molar-refractivity contribution < 1.29 is 24.2 Å². The molecule has 1 amide bonds. The first kappa shape index (κ1) is 37.6. The zero-order valence-corrected chi connectivity index (χ0v) is 25.7. The topological polar surface area (TPSA) is 92.7 Å². The van der Waals surface area contributed by atoms with Gasteiger partial charge in [0, 0.05) is 12.8 Å². The highest BCUT2D eigenvalue weighted by atomic mass is 16.5. The normalized spacial score (nSPS) is 12.4. The summed E-state index contributed by atoms with van der Waals surface area (Å²) >= 11 is 0. The van der Waals surface area contributed by atoms with E-state index in [9.17, 15) is 14.4 Å². The summed E-state index contributed by atoms with van der Waals surface area (Å²) in [5, 5.41) is 11.0. The van der Waals surface area contributed by atoms with Crippen LogP contribution in [0.4, 0.5) is 0 Å². The van der Waals surface area contributed by atoms with Crippen molar-refractivity contribution in [2.75, 3.05) is 6.54 Å². The van der Waals surface area contributed by atoms with Gasteiger partial charge in [0.05, 0.1) is 0 Å². The number of hydrogen-bond donors (Lipinski definition) is 2. The Labute approximate surface area is 245 Å². The van der Waals surface area contributed by atoms with Crippen LogP contribution < -0.4 is 5.32 Å². The molecule has 40 heavy (non-hydrogen) atoms. The van der Waals surface area contributed by atoms with Crippen LogP contribution in [-0.2, 0) is 19.1 Å². The Morgan fingerprint density at radius 1 is 0.675 bits per heavy atom. The summed E-state index contributed by atoms with van der Waals surface area (Å²) in [6.45, 7) is 4.09. The van der Waals surface area contributed by atoms with Gasteiger partial charge in [-0.1, -0.05) is 102 Å². The monoisotopic (exact) mass is 561 g/mol. The minimum Gasteiger partial charge on any atom is -0.480 e. The predicted octanol–water partition coefficient (Wildman–Crippen LogP) is 9.00. The van der Waals surface area contributed by atoms with Crippen molar-refractivity contribution in [3.63, 3.8) is 0 Å². The Balaban J connectivity index is 4.23. The van der Waals surface area contributed by atoms with Gasteiger partial charge in [-0.05, 0) is 70.3 Å². The number of rotatable bonds is 28. The van der Waals surface area contributed by atoms with Gasteiger partial charge < -0.3 is 15.2 Å². The molecule has 2 N–H and O–H groups in total. The van der Waals surface area contributed by atoms with E-state index >= 15 is 0 Å². The van der Waals surface area contributed by atoms with Gasteiger partial charge >= 0.3 is 11.9 Å². The molecule has 1 unspecified atom stereocenters. The molecule has 0 aromatic rings. The highest BCUT2D eigenvalue weighted by Gasteiger charge is 2.11. The first-order chi connectivity index (χ1) is 19.5. The summed E-state index contributed by atoms with van der Waals surface area (Å²) in [6.07, 6.45) is 34.2. The lowest BCUT2D eigenvalue weighted by Gasteiger charge is -2.14. The molecule has 0 aromatic carbocycles. The van der Waals surface area contributed by atoms with Crippen molar-refractivity contribution in [1.29, 1.82) is 0 Å². The molecular formula is C34H59NO5. The summed E-state index contributed by atoms with van der Waals surface area (Å²) in [5.74, 6) is -1.37. The maximum Gasteiger partial charge on any atom is 0.322 e. The number of carbonyl (C=O) groups excluding carboxylic acids is 2. The number of esters is 1. The van der Waals surface area contributed by atoms with Gasteiger partial charge in [-0.3, -0.25) is 14.4 Å². The second-order valence-corrected chi connectivity index (χ2v) is 10.7. The third-order valence-corrected chi connectivity index (χ3v) is 6.77. The molecule has 0 bridgehead atoms. The summed E-state index contributed by atoms with van der Waals surface area (Å²) in [7, 11) is 0. The number of amides is 1. The Morgan fingerprint density at radius 3 is 1.95 bits per heavy atom. The number of carbonyl (C=O) groups is 3. The summed E-state index contributed by atoms with van der Waals surface area (Å²) in [4.78, 5) is 34.6. The van der Waals surface area contributed by atoms with Crippen molar-refractivity contribution in [1.82, 2.24) is 5.32 Å². The molecule has 6 nitrogen and oxygen atoms in total. The van der Waals surface area contributed by atoms with Crippen molar-refractivity contribution in [2.45, 2.75) is 155 Å².